The van der Waals surface area contributed by atoms with E-state index in [1.54, 1.807) is 7.11 Å². The summed E-state index contributed by atoms with van der Waals surface area (Å²) in [6, 6.07) is 8.10. The number of hydrogen-bond donors (Lipinski definition) is 2. The molecule has 0 spiro atoms. The van der Waals surface area contributed by atoms with Crippen molar-refractivity contribution in [1.82, 2.24) is 5.32 Å². The molecular formula is C13H21NO2. The molecule has 0 heterocycles. The van der Waals surface area contributed by atoms with Crippen LogP contribution in [0.25, 0.3) is 0 Å². The van der Waals surface area contributed by atoms with Gasteiger partial charge in [-0.05, 0) is 23.6 Å². The zero-order valence-electron chi connectivity index (χ0n) is 10.2. The van der Waals surface area contributed by atoms with Crippen LogP contribution < -0.4 is 10.1 Å². The molecule has 0 amide bonds. The normalized spacial score (nSPS) is 12.8. The summed E-state index contributed by atoms with van der Waals surface area (Å²) in [7, 11) is 1.66. The van der Waals surface area contributed by atoms with Gasteiger partial charge in [0.15, 0.2) is 0 Å². The Morgan fingerprint density at radius 1 is 1.25 bits per heavy atom. The van der Waals surface area contributed by atoms with Crippen LogP contribution >= 0.6 is 0 Å². The van der Waals surface area contributed by atoms with Crippen LogP contribution in [0.2, 0.25) is 0 Å². The van der Waals surface area contributed by atoms with Gasteiger partial charge in [0.05, 0.1) is 13.7 Å². The molecule has 0 aliphatic heterocycles. The highest BCUT2D eigenvalue weighted by atomic mass is 16.5. The highest BCUT2D eigenvalue weighted by molar-refractivity contribution is 5.27. The molecule has 0 fully saturated rings. The molecule has 0 radical (unpaired) electrons. The largest absolute Gasteiger partial charge is 0.497 e. The summed E-state index contributed by atoms with van der Waals surface area (Å²) in [5.74, 6) is 1.30. The second kappa shape index (κ2) is 6.51. The van der Waals surface area contributed by atoms with E-state index < -0.39 is 0 Å². The van der Waals surface area contributed by atoms with Crippen molar-refractivity contribution in [3.05, 3.63) is 29.8 Å². The monoisotopic (exact) mass is 223 g/mol. The summed E-state index contributed by atoms with van der Waals surface area (Å²) in [4.78, 5) is 0. The lowest BCUT2D eigenvalue weighted by molar-refractivity contribution is 0.210. The van der Waals surface area contributed by atoms with Crippen molar-refractivity contribution < 1.29 is 9.84 Å². The maximum absolute atomic E-state index is 9.17. The number of rotatable bonds is 6. The van der Waals surface area contributed by atoms with Gasteiger partial charge in [-0.15, -0.1) is 0 Å². The summed E-state index contributed by atoms with van der Waals surface area (Å²) in [5.41, 5.74) is 1.19. The fraction of sp³-hybridized carbons (Fsp3) is 0.538. The maximum atomic E-state index is 9.17. The first-order valence-electron chi connectivity index (χ1n) is 5.64. The first kappa shape index (κ1) is 13.0. The lowest BCUT2D eigenvalue weighted by atomic mass is 10.1. The van der Waals surface area contributed by atoms with Gasteiger partial charge in [0.25, 0.3) is 0 Å². The van der Waals surface area contributed by atoms with Crippen molar-refractivity contribution in [2.75, 3.05) is 13.7 Å². The van der Waals surface area contributed by atoms with Crippen LogP contribution in [0.4, 0.5) is 0 Å². The van der Waals surface area contributed by atoms with Crippen LogP contribution in [0.1, 0.15) is 19.4 Å². The number of benzene rings is 1. The molecule has 0 bridgehead atoms. The number of hydrogen-bond acceptors (Lipinski definition) is 3. The molecule has 0 unspecified atom stereocenters. The van der Waals surface area contributed by atoms with E-state index in [2.05, 4.69) is 19.2 Å². The third-order valence-corrected chi connectivity index (χ3v) is 2.73. The summed E-state index contributed by atoms with van der Waals surface area (Å²) >= 11 is 0. The molecule has 1 rings (SSSR count). The van der Waals surface area contributed by atoms with E-state index in [1.165, 1.54) is 5.56 Å². The minimum atomic E-state index is 0.155. The third kappa shape index (κ3) is 3.83. The average molecular weight is 223 g/mol. The van der Waals surface area contributed by atoms with Gasteiger partial charge >= 0.3 is 0 Å². The fourth-order valence-electron chi connectivity index (χ4n) is 1.50. The minimum absolute atomic E-state index is 0.155. The fourth-order valence-corrected chi connectivity index (χ4v) is 1.50. The van der Waals surface area contributed by atoms with Crippen LogP contribution in [-0.2, 0) is 6.54 Å². The van der Waals surface area contributed by atoms with Gasteiger partial charge in [0.2, 0.25) is 0 Å². The van der Waals surface area contributed by atoms with Crippen LogP contribution in [0.5, 0.6) is 5.75 Å². The van der Waals surface area contributed by atoms with Crippen molar-refractivity contribution in [2.24, 2.45) is 5.92 Å². The lowest BCUT2D eigenvalue weighted by Crippen LogP contribution is -2.36. The van der Waals surface area contributed by atoms with E-state index >= 15 is 0 Å². The Hall–Kier alpha value is -1.06. The van der Waals surface area contributed by atoms with Crippen molar-refractivity contribution in [2.45, 2.75) is 26.4 Å². The number of ether oxygens (including phenoxy) is 1. The van der Waals surface area contributed by atoms with E-state index in [9.17, 15) is 5.11 Å². The first-order valence-corrected chi connectivity index (χ1v) is 5.64. The van der Waals surface area contributed by atoms with Crippen LogP contribution in [0.3, 0.4) is 0 Å². The Morgan fingerprint density at radius 2 is 1.88 bits per heavy atom. The average Bonchev–Trinajstić information content (AvgIpc) is 2.30. The summed E-state index contributed by atoms with van der Waals surface area (Å²) < 4.78 is 5.09. The van der Waals surface area contributed by atoms with E-state index in [4.69, 9.17) is 4.74 Å². The molecule has 90 valence electrons. The lowest BCUT2D eigenvalue weighted by Gasteiger charge is -2.19. The van der Waals surface area contributed by atoms with Gasteiger partial charge in [-0.3, -0.25) is 0 Å². The summed E-state index contributed by atoms with van der Waals surface area (Å²) in [6.45, 7) is 5.14. The van der Waals surface area contributed by atoms with Crippen molar-refractivity contribution in [3.63, 3.8) is 0 Å². The second-order valence-electron chi connectivity index (χ2n) is 4.26. The second-order valence-corrected chi connectivity index (χ2v) is 4.26. The van der Waals surface area contributed by atoms with E-state index in [-0.39, 0.29) is 12.6 Å². The number of nitrogens with one attached hydrogen (secondary N) is 1. The standard InChI is InChI=1S/C13H21NO2/c1-10(2)13(9-15)14-8-11-4-6-12(16-3)7-5-11/h4-7,10,13-15H,8-9H2,1-3H3/t13-/m1/s1. The minimum Gasteiger partial charge on any atom is -0.497 e. The van der Waals surface area contributed by atoms with Crippen molar-refractivity contribution in [1.29, 1.82) is 0 Å². The van der Waals surface area contributed by atoms with Gasteiger partial charge in [-0.1, -0.05) is 26.0 Å². The van der Waals surface area contributed by atoms with Crippen LogP contribution in [0, 0.1) is 5.92 Å². The van der Waals surface area contributed by atoms with Crippen molar-refractivity contribution in [3.8, 4) is 5.75 Å². The van der Waals surface area contributed by atoms with E-state index in [0.29, 0.717) is 5.92 Å². The van der Waals surface area contributed by atoms with Crippen LogP contribution in [-0.4, -0.2) is 24.9 Å². The molecule has 0 aliphatic rings. The molecule has 3 nitrogen and oxygen atoms in total. The zero-order chi connectivity index (χ0) is 12.0. The van der Waals surface area contributed by atoms with E-state index in [0.717, 1.165) is 12.3 Å². The molecule has 3 heteroatoms. The van der Waals surface area contributed by atoms with Gasteiger partial charge in [-0.2, -0.15) is 0 Å². The number of methoxy groups -OCH3 is 1. The predicted octanol–water partition coefficient (Wildman–Crippen LogP) is 1.80. The Balaban J connectivity index is 2.47. The molecule has 0 saturated heterocycles. The molecule has 2 N–H and O–H groups in total. The topological polar surface area (TPSA) is 41.5 Å². The maximum Gasteiger partial charge on any atom is 0.118 e. The Kier molecular flexibility index (Phi) is 5.29. The van der Waals surface area contributed by atoms with Crippen molar-refractivity contribution >= 4 is 0 Å². The zero-order valence-corrected chi connectivity index (χ0v) is 10.2. The Labute approximate surface area is 97.4 Å². The van der Waals surface area contributed by atoms with E-state index in [1.807, 2.05) is 24.3 Å². The molecule has 1 aromatic rings. The molecular weight excluding hydrogens is 202 g/mol. The number of aliphatic hydroxyl groups is 1. The Morgan fingerprint density at radius 3 is 2.31 bits per heavy atom. The molecule has 0 aromatic heterocycles. The molecule has 1 atom stereocenters. The van der Waals surface area contributed by atoms with Crippen LogP contribution in [0.15, 0.2) is 24.3 Å². The molecule has 0 aliphatic carbocycles. The predicted molar refractivity (Wildman–Crippen MR) is 65.5 cm³/mol. The highest BCUT2D eigenvalue weighted by Crippen LogP contribution is 2.11. The summed E-state index contributed by atoms with van der Waals surface area (Å²) in [5, 5.41) is 12.5. The highest BCUT2D eigenvalue weighted by Gasteiger charge is 2.10. The first-order chi connectivity index (χ1) is 7.67. The van der Waals surface area contributed by atoms with Gasteiger partial charge in [0, 0.05) is 12.6 Å². The molecule has 1 aromatic carbocycles. The van der Waals surface area contributed by atoms with Gasteiger partial charge in [-0.25, -0.2) is 0 Å². The third-order valence-electron chi connectivity index (χ3n) is 2.73. The molecule has 0 saturated carbocycles. The SMILES string of the molecule is COc1ccc(CN[C@H](CO)C(C)C)cc1. The summed E-state index contributed by atoms with van der Waals surface area (Å²) in [6.07, 6.45) is 0. The Bertz CT molecular complexity index is 295. The smallest absolute Gasteiger partial charge is 0.118 e. The quantitative estimate of drug-likeness (QED) is 0.772. The number of aliphatic hydroxyl groups excluding tert-OH is 1. The van der Waals surface area contributed by atoms with Gasteiger partial charge < -0.3 is 15.2 Å². The van der Waals surface area contributed by atoms with Gasteiger partial charge in [0.1, 0.15) is 5.75 Å². The molecule has 16 heavy (non-hydrogen) atoms.